The van der Waals surface area contributed by atoms with Gasteiger partial charge in [0.2, 0.25) is 0 Å². The van der Waals surface area contributed by atoms with Crippen molar-refractivity contribution in [1.82, 2.24) is 5.32 Å². The maximum atomic E-state index is 5.47. The van der Waals surface area contributed by atoms with E-state index in [9.17, 15) is 0 Å². The first-order valence-corrected chi connectivity index (χ1v) is 6.85. The van der Waals surface area contributed by atoms with Gasteiger partial charge < -0.3 is 10.1 Å². The fraction of sp³-hybridized carbons (Fsp3) is 1.00. The van der Waals surface area contributed by atoms with E-state index in [0.717, 1.165) is 11.8 Å². The second kappa shape index (κ2) is 6.61. The van der Waals surface area contributed by atoms with Gasteiger partial charge >= 0.3 is 0 Å². The Morgan fingerprint density at radius 1 is 1.25 bits per heavy atom. The first-order chi connectivity index (χ1) is 7.59. The summed E-state index contributed by atoms with van der Waals surface area (Å²) in [5.74, 6) is 1.87. The van der Waals surface area contributed by atoms with Gasteiger partial charge in [0.25, 0.3) is 0 Å². The van der Waals surface area contributed by atoms with Crippen LogP contribution >= 0.6 is 0 Å². The van der Waals surface area contributed by atoms with Crippen molar-refractivity contribution in [3.63, 3.8) is 0 Å². The first-order valence-electron chi connectivity index (χ1n) is 6.85. The van der Waals surface area contributed by atoms with Crippen LogP contribution in [0.2, 0.25) is 0 Å². The van der Waals surface area contributed by atoms with Crippen molar-refractivity contribution in [2.45, 2.75) is 58.5 Å². The molecule has 0 aromatic heterocycles. The zero-order chi connectivity index (χ0) is 12.0. The van der Waals surface area contributed by atoms with Gasteiger partial charge in [-0.05, 0) is 70.9 Å². The third-order valence-electron chi connectivity index (χ3n) is 4.08. The number of ether oxygens (including phenoxy) is 1. The van der Waals surface area contributed by atoms with Crippen molar-refractivity contribution in [3.8, 4) is 0 Å². The molecule has 16 heavy (non-hydrogen) atoms. The van der Waals surface area contributed by atoms with Crippen LogP contribution in [0, 0.1) is 11.8 Å². The van der Waals surface area contributed by atoms with Crippen molar-refractivity contribution >= 4 is 0 Å². The Balaban J connectivity index is 2.13. The Hall–Kier alpha value is -0.0800. The van der Waals surface area contributed by atoms with E-state index >= 15 is 0 Å². The van der Waals surface area contributed by atoms with Crippen LogP contribution in [0.3, 0.4) is 0 Å². The third-order valence-corrected chi connectivity index (χ3v) is 4.08. The minimum absolute atomic E-state index is 0.0665. The van der Waals surface area contributed by atoms with Crippen molar-refractivity contribution in [2.24, 2.45) is 11.8 Å². The quantitative estimate of drug-likeness (QED) is 0.643. The predicted molar refractivity (Wildman–Crippen MR) is 69.7 cm³/mol. The van der Waals surface area contributed by atoms with Crippen LogP contribution in [0.4, 0.5) is 0 Å². The molecule has 0 saturated heterocycles. The van der Waals surface area contributed by atoms with E-state index in [4.69, 9.17) is 4.74 Å². The average Bonchev–Trinajstić information content (AvgIpc) is 2.23. The molecule has 1 saturated carbocycles. The molecule has 1 aliphatic rings. The van der Waals surface area contributed by atoms with Crippen molar-refractivity contribution in [3.05, 3.63) is 0 Å². The van der Waals surface area contributed by atoms with Gasteiger partial charge in [0.1, 0.15) is 0 Å². The van der Waals surface area contributed by atoms with Crippen molar-refractivity contribution in [1.29, 1.82) is 0 Å². The molecule has 1 rings (SSSR count). The highest BCUT2D eigenvalue weighted by molar-refractivity contribution is 4.84. The molecule has 1 N–H and O–H groups in total. The van der Waals surface area contributed by atoms with E-state index in [1.807, 2.05) is 7.11 Å². The zero-order valence-electron chi connectivity index (χ0n) is 11.5. The van der Waals surface area contributed by atoms with Gasteiger partial charge in [0, 0.05) is 7.11 Å². The molecule has 1 fully saturated rings. The lowest BCUT2D eigenvalue weighted by atomic mass is 9.70. The minimum atomic E-state index is 0.0665. The van der Waals surface area contributed by atoms with Gasteiger partial charge in [-0.15, -0.1) is 0 Å². The minimum Gasteiger partial charge on any atom is -0.379 e. The standard InChI is InChI=1S/C14H29NO/c1-5-10-15-11-13-7-6-12(13)8-9-14(2,3)16-4/h12-13,15H,5-11H2,1-4H3. The maximum absolute atomic E-state index is 5.47. The second-order valence-corrected chi connectivity index (χ2v) is 5.80. The van der Waals surface area contributed by atoms with E-state index in [1.54, 1.807) is 0 Å². The van der Waals surface area contributed by atoms with Gasteiger partial charge in [-0.25, -0.2) is 0 Å². The smallest absolute Gasteiger partial charge is 0.0622 e. The summed E-state index contributed by atoms with van der Waals surface area (Å²) >= 11 is 0. The van der Waals surface area contributed by atoms with E-state index in [2.05, 4.69) is 26.1 Å². The lowest BCUT2D eigenvalue weighted by Gasteiger charge is -2.38. The topological polar surface area (TPSA) is 21.3 Å². The van der Waals surface area contributed by atoms with Crippen LogP contribution in [-0.4, -0.2) is 25.8 Å². The lowest BCUT2D eigenvalue weighted by molar-refractivity contribution is 0.00207. The molecule has 2 atom stereocenters. The zero-order valence-corrected chi connectivity index (χ0v) is 11.5. The van der Waals surface area contributed by atoms with Crippen molar-refractivity contribution < 1.29 is 4.74 Å². The molecule has 1 aliphatic carbocycles. The number of hydrogen-bond donors (Lipinski definition) is 1. The first kappa shape index (κ1) is 14.0. The third kappa shape index (κ3) is 4.42. The molecular weight excluding hydrogens is 198 g/mol. The summed E-state index contributed by atoms with van der Waals surface area (Å²) in [6, 6.07) is 0. The van der Waals surface area contributed by atoms with Gasteiger partial charge in [-0.3, -0.25) is 0 Å². The largest absolute Gasteiger partial charge is 0.379 e. The molecular formula is C14H29NO. The van der Waals surface area contributed by atoms with Crippen molar-refractivity contribution in [2.75, 3.05) is 20.2 Å². The summed E-state index contributed by atoms with van der Waals surface area (Å²) in [5.41, 5.74) is 0.0665. The number of hydrogen-bond acceptors (Lipinski definition) is 2. The summed E-state index contributed by atoms with van der Waals surface area (Å²) < 4.78 is 5.47. The molecule has 2 heteroatoms. The molecule has 0 amide bonds. The molecule has 96 valence electrons. The van der Waals surface area contributed by atoms with Crippen LogP contribution in [0.15, 0.2) is 0 Å². The molecule has 2 nitrogen and oxygen atoms in total. The molecule has 0 aromatic rings. The molecule has 0 aliphatic heterocycles. The second-order valence-electron chi connectivity index (χ2n) is 5.80. The summed E-state index contributed by atoms with van der Waals surface area (Å²) in [7, 11) is 1.82. The highest BCUT2D eigenvalue weighted by atomic mass is 16.5. The van der Waals surface area contributed by atoms with Gasteiger partial charge in [-0.2, -0.15) is 0 Å². The normalized spacial score (nSPS) is 25.5. The summed E-state index contributed by atoms with van der Waals surface area (Å²) in [4.78, 5) is 0. The lowest BCUT2D eigenvalue weighted by Crippen LogP contribution is -2.36. The van der Waals surface area contributed by atoms with E-state index in [1.165, 1.54) is 45.2 Å². The molecule has 0 heterocycles. The van der Waals surface area contributed by atoms with Crippen LogP contribution in [0.1, 0.15) is 52.9 Å². The summed E-state index contributed by atoms with van der Waals surface area (Å²) in [6.45, 7) is 9.01. The van der Waals surface area contributed by atoms with Gasteiger partial charge in [-0.1, -0.05) is 6.92 Å². The Morgan fingerprint density at radius 3 is 2.44 bits per heavy atom. The van der Waals surface area contributed by atoms with Gasteiger partial charge in [0.05, 0.1) is 5.60 Å². The Labute approximate surface area is 101 Å². The summed E-state index contributed by atoms with van der Waals surface area (Å²) in [6.07, 6.45) is 6.62. The number of rotatable bonds is 8. The monoisotopic (exact) mass is 227 g/mol. The highest BCUT2D eigenvalue weighted by Crippen LogP contribution is 2.38. The van der Waals surface area contributed by atoms with Crippen LogP contribution < -0.4 is 5.32 Å². The van der Waals surface area contributed by atoms with E-state index in [-0.39, 0.29) is 5.60 Å². The SMILES string of the molecule is CCCNCC1CCC1CCC(C)(C)OC. The fourth-order valence-corrected chi connectivity index (χ4v) is 2.39. The number of nitrogens with one attached hydrogen (secondary N) is 1. The van der Waals surface area contributed by atoms with Crippen LogP contribution in [-0.2, 0) is 4.74 Å². The summed E-state index contributed by atoms with van der Waals surface area (Å²) in [5, 5.41) is 3.55. The maximum Gasteiger partial charge on any atom is 0.0622 e. The average molecular weight is 227 g/mol. The van der Waals surface area contributed by atoms with E-state index < -0.39 is 0 Å². The Morgan fingerprint density at radius 2 is 1.94 bits per heavy atom. The molecule has 0 aromatic carbocycles. The molecule has 0 bridgehead atoms. The molecule has 0 radical (unpaired) electrons. The van der Waals surface area contributed by atoms with Gasteiger partial charge in [0.15, 0.2) is 0 Å². The Bertz CT molecular complexity index is 191. The predicted octanol–water partition coefficient (Wildman–Crippen LogP) is 3.22. The molecule has 2 unspecified atom stereocenters. The number of methoxy groups -OCH3 is 1. The van der Waals surface area contributed by atoms with Crippen LogP contribution in [0.5, 0.6) is 0 Å². The fourth-order valence-electron chi connectivity index (χ4n) is 2.39. The highest BCUT2D eigenvalue weighted by Gasteiger charge is 2.31. The molecule has 0 spiro atoms. The van der Waals surface area contributed by atoms with Crippen LogP contribution in [0.25, 0.3) is 0 Å². The Kier molecular flexibility index (Phi) is 5.77. The van der Waals surface area contributed by atoms with E-state index in [0.29, 0.717) is 0 Å².